The lowest BCUT2D eigenvalue weighted by Crippen LogP contribution is -2.41. The molecule has 3 aliphatic rings. The molecule has 0 N–H and O–H groups in total. The predicted octanol–water partition coefficient (Wildman–Crippen LogP) is 2.36. The van der Waals surface area contributed by atoms with E-state index < -0.39 is 0 Å². The van der Waals surface area contributed by atoms with Gasteiger partial charge in [0.2, 0.25) is 5.91 Å². The minimum atomic E-state index is -0.375. The van der Waals surface area contributed by atoms with Gasteiger partial charge in [-0.3, -0.25) is 14.5 Å². The topological polar surface area (TPSA) is 40.6 Å². The van der Waals surface area contributed by atoms with Crippen molar-refractivity contribution in [3.8, 4) is 0 Å². The number of halogens is 1. The van der Waals surface area contributed by atoms with Gasteiger partial charge in [-0.05, 0) is 48.9 Å². The molecule has 1 aromatic carbocycles. The summed E-state index contributed by atoms with van der Waals surface area (Å²) in [6, 6.07) is 5.17. The molecule has 4 rings (SSSR count). The minimum absolute atomic E-state index is 0.173. The number of hydrogen-bond donors (Lipinski definition) is 0. The van der Waals surface area contributed by atoms with Gasteiger partial charge in [0.1, 0.15) is 5.82 Å². The molecule has 2 fully saturated rings. The molecule has 0 spiro atoms. The van der Waals surface area contributed by atoms with Crippen LogP contribution in [0.2, 0.25) is 0 Å². The highest BCUT2D eigenvalue weighted by molar-refractivity contribution is 6.22. The van der Waals surface area contributed by atoms with E-state index in [1.165, 1.54) is 29.2 Å². The summed E-state index contributed by atoms with van der Waals surface area (Å²) in [4.78, 5) is 28.5. The first-order valence-corrected chi connectivity index (χ1v) is 8.15. The Bertz CT molecular complexity index is 654. The summed E-state index contributed by atoms with van der Waals surface area (Å²) in [7, 11) is 0. The molecule has 3 unspecified atom stereocenters. The van der Waals surface area contributed by atoms with Gasteiger partial charge < -0.3 is 0 Å². The lowest BCUT2D eigenvalue weighted by atomic mass is 9.86. The summed E-state index contributed by atoms with van der Waals surface area (Å²) < 4.78 is 13.1. The van der Waals surface area contributed by atoms with Crippen LogP contribution in [-0.2, 0) is 9.59 Å². The van der Waals surface area contributed by atoms with E-state index in [0.717, 1.165) is 25.9 Å². The molecule has 120 valence electrons. The fourth-order valence-electron chi connectivity index (χ4n) is 4.07. The molecule has 0 saturated carbocycles. The number of rotatable bonds is 2. The molecule has 0 aromatic heterocycles. The van der Waals surface area contributed by atoms with E-state index >= 15 is 0 Å². The zero-order valence-corrected chi connectivity index (χ0v) is 12.8. The van der Waals surface area contributed by atoms with Crippen LogP contribution in [0.1, 0.15) is 19.3 Å². The van der Waals surface area contributed by atoms with Crippen molar-refractivity contribution in [2.24, 2.45) is 11.8 Å². The summed E-state index contributed by atoms with van der Waals surface area (Å²) in [5, 5.41) is 0. The molecule has 3 atom stereocenters. The van der Waals surface area contributed by atoms with Crippen molar-refractivity contribution in [2.45, 2.75) is 25.3 Å². The van der Waals surface area contributed by atoms with E-state index in [1.807, 2.05) is 0 Å². The van der Waals surface area contributed by atoms with Crippen molar-refractivity contribution >= 4 is 17.5 Å². The summed E-state index contributed by atoms with van der Waals surface area (Å²) in [6.45, 7) is 1.77. The Balaban J connectivity index is 1.53. The minimum Gasteiger partial charge on any atom is -0.291 e. The number of nitrogens with zero attached hydrogens (tertiary/aromatic N) is 2. The van der Waals surface area contributed by atoms with Gasteiger partial charge in [-0.2, -0.15) is 0 Å². The van der Waals surface area contributed by atoms with Crippen molar-refractivity contribution in [1.82, 2.24) is 4.90 Å². The Labute approximate surface area is 134 Å². The van der Waals surface area contributed by atoms with E-state index in [-0.39, 0.29) is 30.1 Å². The standard InChI is InChI=1S/C18H19FN2O2/c19-14-5-7-15(8-6-14)21-17(22)9-16(18(21)23)20-10-12-3-1-2-4-13(12)11-20/h1-2,5-8,12-13,16H,3-4,9-11H2. The molecule has 23 heavy (non-hydrogen) atoms. The number of benzene rings is 1. The van der Waals surface area contributed by atoms with Crippen LogP contribution in [-0.4, -0.2) is 35.8 Å². The van der Waals surface area contributed by atoms with Crippen molar-refractivity contribution in [3.63, 3.8) is 0 Å². The Morgan fingerprint density at radius 2 is 1.57 bits per heavy atom. The Morgan fingerprint density at radius 3 is 2.17 bits per heavy atom. The van der Waals surface area contributed by atoms with Crippen LogP contribution in [0.15, 0.2) is 36.4 Å². The van der Waals surface area contributed by atoms with Gasteiger partial charge >= 0.3 is 0 Å². The number of imide groups is 1. The van der Waals surface area contributed by atoms with Crippen LogP contribution in [0, 0.1) is 17.7 Å². The Hall–Kier alpha value is -2.01. The second-order valence-corrected chi connectivity index (χ2v) is 6.68. The molecule has 2 saturated heterocycles. The van der Waals surface area contributed by atoms with E-state index in [0.29, 0.717) is 17.5 Å². The average Bonchev–Trinajstić information content (AvgIpc) is 3.09. The number of carbonyl (C=O) groups is 2. The molecule has 1 aromatic rings. The van der Waals surface area contributed by atoms with E-state index in [2.05, 4.69) is 17.1 Å². The summed E-state index contributed by atoms with van der Waals surface area (Å²) >= 11 is 0. The third kappa shape index (κ3) is 2.49. The number of allylic oxidation sites excluding steroid dienone is 2. The molecule has 2 amide bonds. The average molecular weight is 314 g/mol. The molecule has 2 aliphatic heterocycles. The predicted molar refractivity (Wildman–Crippen MR) is 84.2 cm³/mol. The maximum atomic E-state index is 13.1. The van der Waals surface area contributed by atoms with Crippen LogP contribution in [0.25, 0.3) is 0 Å². The SMILES string of the molecule is O=C1CC(N2CC3CC=CCC3C2)C(=O)N1c1ccc(F)cc1. The first-order valence-electron chi connectivity index (χ1n) is 8.15. The van der Waals surface area contributed by atoms with Gasteiger partial charge in [-0.15, -0.1) is 0 Å². The van der Waals surface area contributed by atoms with Gasteiger partial charge in [0.15, 0.2) is 0 Å². The molecule has 4 nitrogen and oxygen atoms in total. The highest BCUT2D eigenvalue weighted by Crippen LogP contribution is 2.36. The zero-order valence-electron chi connectivity index (χ0n) is 12.8. The van der Waals surface area contributed by atoms with Gasteiger partial charge in [0.25, 0.3) is 5.91 Å². The highest BCUT2D eigenvalue weighted by Gasteiger charge is 2.46. The maximum absolute atomic E-state index is 13.1. The largest absolute Gasteiger partial charge is 0.291 e. The molecule has 2 heterocycles. The second kappa shape index (κ2) is 5.57. The fourth-order valence-corrected chi connectivity index (χ4v) is 4.07. The van der Waals surface area contributed by atoms with E-state index in [4.69, 9.17) is 0 Å². The normalized spacial score (nSPS) is 31.0. The number of carbonyl (C=O) groups excluding carboxylic acids is 2. The molecular weight excluding hydrogens is 295 g/mol. The van der Waals surface area contributed by atoms with E-state index in [9.17, 15) is 14.0 Å². The number of likely N-dealkylation sites (tertiary alicyclic amines) is 1. The second-order valence-electron chi connectivity index (χ2n) is 6.68. The molecule has 1 aliphatic carbocycles. The third-order valence-corrected chi connectivity index (χ3v) is 5.30. The summed E-state index contributed by atoms with van der Waals surface area (Å²) in [5.41, 5.74) is 0.460. The molecule has 0 radical (unpaired) electrons. The van der Waals surface area contributed by atoms with Gasteiger partial charge in [-0.25, -0.2) is 9.29 Å². The number of hydrogen-bond acceptors (Lipinski definition) is 3. The first-order chi connectivity index (χ1) is 11.1. The van der Waals surface area contributed by atoms with Crippen molar-refractivity contribution < 1.29 is 14.0 Å². The van der Waals surface area contributed by atoms with Crippen molar-refractivity contribution in [2.75, 3.05) is 18.0 Å². The van der Waals surface area contributed by atoms with Gasteiger partial charge in [-0.1, -0.05) is 12.2 Å². The van der Waals surface area contributed by atoms with Gasteiger partial charge in [0, 0.05) is 13.1 Å². The quantitative estimate of drug-likeness (QED) is 0.621. The van der Waals surface area contributed by atoms with Crippen molar-refractivity contribution in [3.05, 3.63) is 42.2 Å². The van der Waals surface area contributed by atoms with Crippen LogP contribution in [0.4, 0.5) is 10.1 Å². The van der Waals surface area contributed by atoms with Gasteiger partial charge in [0.05, 0.1) is 18.2 Å². The zero-order chi connectivity index (χ0) is 16.0. The Morgan fingerprint density at radius 1 is 0.957 bits per heavy atom. The third-order valence-electron chi connectivity index (χ3n) is 5.30. The maximum Gasteiger partial charge on any atom is 0.251 e. The monoisotopic (exact) mass is 314 g/mol. The molecule has 5 heteroatoms. The van der Waals surface area contributed by atoms with Crippen molar-refractivity contribution in [1.29, 1.82) is 0 Å². The first kappa shape index (κ1) is 14.6. The Kier molecular flexibility index (Phi) is 3.53. The van der Waals surface area contributed by atoms with Crippen LogP contribution in [0.3, 0.4) is 0 Å². The number of amides is 2. The summed E-state index contributed by atoms with van der Waals surface area (Å²) in [5.74, 6) is 0.457. The molecular formula is C18H19FN2O2. The fraction of sp³-hybridized carbons (Fsp3) is 0.444. The number of fused-ring (bicyclic) bond motifs is 1. The lowest BCUT2D eigenvalue weighted by molar-refractivity contribution is -0.122. The van der Waals surface area contributed by atoms with Crippen LogP contribution >= 0.6 is 0 Å². The van der Waals surface area contributed by atoms with Crippen LogP contribution < -0.4 is 4.90 Å². The highest BCUT2D eigenvalue weighted by atomic mass is 19.1. The summed E-state index contributed by atoms with van der Waals surface area (Å²) in [6.07, 6.45) is 6.80. The molecule has 0 bridgehead atoms. The lowest BCUT2D eigenvalue weighted by Gasteiger charge is -2.22. The number of anilines is 1. The van der Waals surface area contributed by atoms with E-state index in [1.54, 1.807) is 0 Å². The smallest absolute Gasteiger partial charge is 0.251 e. The van der Waals surface area contributed by atoms with Crippen LogP contribution in [0.5, 0.6) is 0 Å².